The average molecular weight is 566 g/mol. The van der Waals surface area contributed by atoms with Gasteiger partial charge in [0.05, 0.1) is 12.3 Å². The van der Waals surface area contributed by atoms with Crippen molar-refractivity contribution in [3.05, 3.63) is 68.7 Å². The van der Waals surface area contributed by atoms with E-state index in [0.29, 0.717) is 11.7 Å². The third-order valence-electron chi connectivity index (χ3n) is 6.23. The number of pyridine rings is 1. The highest BCUT2D eigenvalue weighted by molar-refractivity contribution is 14.2. The molecule has 174 valence electrons. The molecule has 1 N–H and O–H groups in total. The first-order valence-electron chi connectivity index (χ1n) is 11.5. The number of aryl methyl sites for hydroxylation is 1. The zero-order valence-corrected chi connectivity index (χ0v) is 21.3. The molecular weight excluding hydrogens is 539 g/mol. The second-order valence-electron chi connectivity index (χ2n) is 8.61. The van der Waals surface area contributed by atoms with Crippen LogP contribution < -0.4 is 5.32 Å². The molecule has 7 nitrogen and oxygen atoms in total. The number of aliphatic imine (C=N–C) groups is 1. The van der Waals surface area contributed by atoms with Crippen molar-refractivity contribution in [3.8, 4) is 0 Å². The molecule has 1 atom stereocenters. The normalized spacial score (nSPS) is 19.6. The van der Waals surface area contributed by atoms with E-state index in [-0.39, 0.29) is 11.8 Å². The average Bonchev–Trinajstić information content (AvgIpc) is 3.75. The zero-order chi connectivity index (χ0) is 23.5. The SMILES string of the molecule is C=Ic1ccc(NC(=O)C2=CC(c3ccc(CC)nc3)CC=N2)cc1C1=NN=CN(C2CC2)C1. The van der Waals surface area contributed by atoms with Crippen molar-refractivity contribution in [1.82, 2.24) is 9.88 Å². The van der Waals surface area contributed by atoms with Gasteiger partial charge in [0.15, 0.2) is 0 Å². The minimum absolute atomic E-state index is 0.0911. The van der Waals surface area contributed by atoms with Crippen molar-refractivity contribution in [2.75, 3.05) is 11.9 Å². The van der Waals surface area contributed by atoms with Crippen LogP contribution in [0.25, 0.3) is 0 Å². The Bertz CT molecular complexity index is 1230. The smallest absolute Gasteiger partial charge is 0.273 e. The van der Waals surface area contributed by atoms with E-state index < -0.39 is 20.7 Å². The fraction of sp³-hybridized carbons (Fsp3) is 0.308. The van der Waals surface area contributed by atoms with E-state index in [1.165, 1.54) is 16.4 Å². The van der Waals surface area contributed by atoms with Gasteiger partial charge in [0.2, 0.25) is 0 Å². The summed E-state index contributed by atoms with van der Waals surface area (Å²) in [6, 6.07) is 10.7. The number of aromatic nitrogens is 1. The first kappa shape index (κ1) is 22.8. The van der Waals surface area contributed by atoms with Crippen molar-refractivity contribution in [2.24, 2.45) is 15.2 Å². The lowest BCUT2D eigenvalue weighted by molar-refractivity contribution is -0.112. The van der Waals surface area contributed by atoms with Crippen LogP contribution in [-0.2, 0) is 11.2 Å². The number of benzene rings is 1. The van der Waals surface area contributed by atoms with Crippen LogP contribution in [0.3, 0.4) is 0 Å². The minimum atomic E-state index is -0.392. The second-order valence-corrected chi connectivity index (χ2v) is 10.5. The molecule has 1 fully saturated rings. The monoisotopic (exact) mass is 566 g/mol. The molecule has 34 heavy (non-hydrogen) atoms. The second kappa shape index (κ2) is 10.1. The van der Waals surface area contributed by atoms with Gasteiger partial charge in [-0.25, -0.2) is 0 Å². The lowest BCUT2D eigenvalue weighted by Gasteiger charge is -2.23. The number of rotatable bonds is 7. The van der Waals surface area contributed by atoms with Gasteiger partial charge < -0.3 is 10.2 Å². The van der Waals surface area contributed by atoms with Crippen LogP contribution in [0.5, 0.6) is 0 Å². The van der Waals surface area contributed by atoms with Crippen LogP contribution in [0.2, 0.25) is 0 Å². The molecule has 8 heteroatoms. The summed E-state index contributed by atoms with van der Waals surface area (Å²) < 4.78 is 5.37. The summed E-state index contributed by atoms with van der Waals surface area (Å²) in [5.41, 5.74) is 5.27. The van der Waals surface area contributed by atoms with Gasteiger partial charge in [0.1, 0.15) is 12.0 Å². The third-order valence-corrected chi connectivity index (χ3v) is 7.99. The maximum absolute atomic E-state index is 13.1. The Morgan fingerprint density at radius 1 is 1.26 bits per heavy atom. The standard InChI is InChI=1S/C26H27IN6O/c1-3-19-5-4-18(14-29-19)17-10-11-28-24(12-17)26(34)31-20-6-9-23(27-2)22(13-20)25-15-33(16-30-32-25)21-7-8-21/h4-6,9,11-14,16-17,21H,2-3,7-8,10,15H2,1H3,(H,31,34). The molecule has 0 spiro atoms. The van der Waals surface area contributed by atoms with Gasteiger partial charge in [-0.05, 0) is 61.6 Å². The van der Waals surface area contributed by atoms with Crippen LogP contribution in [0.1, 0.15) is 48.9 Å². The lowest BCUT2D eigenvalue weighted by Crippen LogP contribution is -2.33. The van der Waals surface area contributed by atoms with E-state index in [9.17, 15) is 4.79 Å². The number of nitrogens with one attached hydrogen (secondary N) is 1. The maximum atomic E-state index is 13.1. The van der Waals surface area contributed by atoms with Crippen LogP contribution >= 0.6 is 20.7 Å². The first-order chi connectivity index (χ1) is 16.6. The molecule has 1 aromatic heterocycles. The molecule has 2 aliphatic heterocycles. The molecule has 1 unspecified atom stereocenters. The van der Waals surface area contributed by atoms with Gasteiger partial charge in [-0.3, -0.25) is 14.8 Å². The molecule has 1 aromatic carbocycles. The molecule has 3 heterocycles. The molecule has 1 amide bonds. The quantitative estimate of drug-likeness (QED) is 0.501. The summed E-state index contributed by atoms with van der Waals surface area (Å²) >= 11 is -0.392. The van der Waals surface area contributed by atoms with Gasteiger partial charge in [0, 0.05) is 44.9 Å². The molecule has 1 saturated carbocycles. The number of halogens is 1. The molecule has 1 aliphatic carbocycles. The largest absolute Gasteiger partial charge is 0.352 e. The first-order valence-corrected chi connectivity index (χ1v) is 14.1. The Hall–Kier alpha value is -3.01. The minimum Gasteiger partial charge on any atom is -0.352 e. The summed E-state index contributed by atoms with van der Waals surface area (Å²) in [6.07, 6.45) is 11.6. The molecule has 0 bridgehead atoms. The van der Waals surface area contributed by atoms with Crippen LogP contribution in [0.4, 0.5) is 5.69 Å². The number of carbonyl (C=O) groups excluding carboxylic acids is 1. The van der Waals surface area contributed by atoms with E-state index >= 15 is 0 Å². The summed E-state index contributed by atoms with van der Waals surface area (Å²) in [4.78, 5) is 24.2. The summed E-state index contributed by atoms with van der Waals surface area (Å²) in [7, 11) is 0. The predicted molar refractivity (Wildman–Crippen MR) is 147 cm³/mol. The van der Waals surface area contributed by atoms with E-state index in [1.54, 1.807) is 0 Å². The van der Waals surface area contributed by atoms with Gasteiger partial charge in [-0.2, -0.15) is 5.10 Å². The Morgan fingerprint density at radius 2 is 2.15 bits per heavy atom. The number of allylic oxidation sites excluding steroid dienone is 1. The van der Waals surface area contributed by atoms with Crippen molar-refractivity contribution in [3.63, 3.8) is 0 Å². The Morgan fingerprint density at radius 3 is 2.88 bits per heavy atom. The van der Waals surface area contributed by atoms with Gasteiger partial charge in [-0.15, -0.1) is 5.10 Å². The number of amides is 1. The van der Waals surface area contributed by atoms with Crippen LogP contribution in [-0.4, -0.2) is 51.2 Å². The van der Waals surface area contributed by atoms with Crippen molar-refractivity contribution in [1.29, 1.82) is 0 Å². The summed E-state index contributed by atoms with van der Waals surface area (Å²) in [5, 5.41) is 11.7. The summed E-state index contributed by atoms with van der Waals surface area (Å²) in [5.74, 6) is -0.126. The summed E-state index contributed by atoms with van der Waals surface area (Å²) in [6.45, 7) is 2.83. The van der Waals surface area contributed by atoms with Crippen molar-refractivity contribution in [2.45, 2.75) is 44.6 Å². The molecule has 5 rings (SSSR count). The number of hydrogen-bond donors (Lipinski definition) is 1. The zero-order valence-electron chi connectivity index (χ0n) is 19.1. The van der Waals surface area contributed by atoms with Crippen LogP contribution in [0, 0.1) is 3.57 Å². The molecule has 0 saturated heterocycles. The van der Waals surface area contributed by atoms with Gasteiger partial charge >= 0.3 is 0 Å². The van der Waals surface area contributed by atoms with Gasteiger partial charge in [0.25, 0.3) is 5.91 Å². The highest BCUT2D eigenvalue weighted by atomic mass is 127. The number of carbonyl (C=O) groups is 1. The molecular formula is C26H27IN6O. The molecule has 3 aliphatic rings. The predicted octanol–water partition coefficient (Wildman–Crippen LogP) is 4.51. The molecule has 0 radical (unpaired) electrons. The highest BCUT2D eigenvalue weighted by Gasteiger charge is 2.30. The number of anilines is 1. The highest BCUT2D eigenvalue weighted by Crippen LogP contribution is 2.29. The van der Waals surface area contributed by atoms with Crippen molar-refractivity contribution < 1.29 is 4.79 Å². The topological polar surface area (TPSA) is 82.3 Å². The Kier molecular flexibility index (Phi) is 6.75. The number of hydrogen-bond acceptors (Lipinski definition) is 6. The fourth-order valence-electron chi connectivity index (χ4n) is 4.11. The van der Waals surface area contributed by atoms with Gasteiger partial charge in [-0.1, -0.05) is 38.2 Å². The van der Waals surface area contributed by atoms with Crippen molar-refractivity contribution >= 4 is 55.1 Å². The number of nitrogens with zero attached hydrogens (tertiary/aromatic N) is 5. The molecule has 2 aromatic rings. The van der Waals surface area contributed by atoms with E-state index in [2.05, 4.69) is 54.0 Å². The Labute approximate surface area is 209 Å². The third kappa shape index (κ3) is 5.06. The maximum Gasteiger partial charge on any atom is 0.273 e. The van der Waals surface area contributed by atoms with Crippen LogP contribution in [0.15, 0.2) is 63.5 Å². The fourth-order valence-corrected chi connectivity index (χ4v) is 5.42. The lowest BCUT2D eigenvalue weighted by atomic mass is 9.94. The Balaban J connectivity index is 1.34. The van der Waals surface area contributed by atoms with E-state index in [4.69, 9.17) is 0 Å². The van der Waals surface area contributed by atoms with E-state index in [1.807, 2.05) is 43.0 Å². The van der Waals surface area contributed by atoms with E-state index in [0.717, 1.165) is 47.6 Å².